The van der Waals surface area contributed by atoms with Crippen LogP contribution in [0.25, 0.3) is 0 Å². The van der Waals surface area contributed by atoms with Crippen LogP contribution in [-0.4, -0.2) is 53.9 Å². The molecule has 0 bridgehead atoms. The minimum atomic E-state index is -2.73. The van der Waals surface area contributed by atoms with E-state index in [9.17, 15) is 13.6 Å². The molecule has 1 saturated heterocycles. The Morgan fingerprint density at radius 1 is 1.25 bits per heavy atom. The van der Waals surface area contributed by atoms with Crippen LogP contribution in [0.1, 0.15) is 20.3 Å². The number of carbonyl (C=O) groups excluding carboxylic acids is 1. The summed E-state index contributed by atoms with van der Waals surface area (Å²) in [5.74, 6) is -4.11. The van der Waals surface area contributed by atoms with Gasteiger partial charge in [-0.15, -0.1) is 0 Å². The summed E-state index contributed by atoms with van der Waals surface area (Å²) in [6, 6.07) is 0.458. The molecule has 1 unspecified atom stereocenters. The Bertz CT molecular complexity index is 286. The lowest BCUT2D eigenvalue weighted by Crippen LogP contribution is -2.51. The van der Waals surface area contributed by atoms with Crippen molar-refractivity contribution >= 4 is 5.91 Å². The van der Waals surface area contributed by atoms with Gasteiger partial charge in [-0.25, -0.2) is 8.78 Å². The largest absolute Gasteiger partial charge is 0.340 e. The highest BCUT2D eigenvalue weighted by molar-refractivity contribution is 5.83. The van der Waals surface area contributed by atoms with Crippen LogP contribution in [0.15, 0.2) is 0 Å². The SMILES string of the molecule is CC(C)N1CCN(C(=O)C2CC2(F)F)CC1. The number of rotatable bonds is 2. The average molecular weight is 232 g/mol. The second-order valence-electron chi connectivity index (χ2n) is 4.97. The fourth-order valence-corrected chi connectivity index (χ4v) is 2.16. The number of hydrogen-bond acceptors (Lipinski definition) is 2. The maximum absolute atomic E-state index is 12.7. The van der Waals surface area contributed by atoms with Gasteiger partial charge in [-0.05, 0) is 13.8 Å². The molecule has 92 valence electrons. The molecule has 5 heteroatoms. The molecule has 0 N–H and O–H groups in total. The van der Waals surface area contributed by atoms with E-state index in [0.29, 0.717) is 19.1 Å². The molecule has 3 nitrogen and oxygen atoms in total. The Morgan fingerprint density at radius 2 is 1.75 bits per heavy atom. The normalized spacial score (nSPS) is 29.6. The van der Waals surface area contributed by atoms with Crippen molar-refractivity contribution in [2.45, 2.75) is 32.2 Å². The molecule has 1 atom stereocenters. The molecule has 0 radical (unpaired) electrons. The Hall–Kier alpha value is -0.710. The Balaban J connectivity index is 1.83. The van der Waals surface area contributed by atoms with Gasteiger partial charge in [-0.3, -0.25) is 9.69 Å². The molecule has 1 amide bonds. The summed E-state index contributed by atoms with van der Waals surface area (Å²) >= 11 is 0. The molecule has 0 spiro atoms. The minimum absolute atomic E-state index is 0.254. The van der Waals surface area contributed by atoms with Crippen LogP contribution in [0.4, 0.5) is 8.78 Å². The van der Waals surface area contributed by atoms with Crippen molar-refractivity contribution in [3.63, 3.8) is 0 Å². The van der Waals surface area contributed by atoms with Crippen LogP contribution in [0.2, 0.25) is 0 Å². The first kappa shape index (κ1) is 11.8. The van der Waals surface area contributed by atoms with Gasteiger partial charge in [0.05, 0.1) is 0 Å². The third kappa shape index (κ3) is 2.19. The number of halogens is 2. The zero-order valence-electron chi connectivity index (χ0n) is 9.75. The highest BCUT2D eigenvalue weighted by Crippen LogP contribution is 2.49. The highest BCUT2D eigenvalue weighted by Gasteiger charge is 2.62. The van der Waals surface area contributed by atoms with Gasteiger partial charge < -0.3 is 4.90 Å². The summed E-state index contributed by atoms with van der Waals surface area (Å²) in [5.41, 5.74) is 0. The Labute approximate surface area is 94.4 Å². The molecule has 2 fully saturated rings. The third-order valence-corrected chi connectivity index (χ3v) is 3.48. The first-order valence-electron chi connectivity index (χ1n) is 5.82. The van der Waals surface area contributed by atoms with Crippen molar-refractivity contribution in [2.24, 2.45) is 5.92 Å². The average Bonchev–Trinajstić information content (AvgIpc) is 2.87. The van der Waals surface area contributed by atoms with Gasteiger partial charge >= 0.3 is 0 Å². The second-order valence-corrected chi connectivity index (χ2v) is 4.97. The number of alkyl halides is 2. The number of nitrogens with zero attached hydrogens (tertiary/aromatic N) is 2. The molecule has 0 aromatic carbocycles. The molecule has 2 rings (SSSR count). The molecule has 1 heterocycles. The zero-order valence-corrected chi connectivity index (χ0v) is 9.75. The van der Waals surface area contributed by atoms with Crippen LogP contribution in [0, 0.1) is 5.92 Å². The standard InChI is InChI=1S/C11H18F2N2O/c1-8(2)14-3-5-15(6-4-14)10(16)9-7-11(9,12)13/h8-9H,3-7H2,1-2H3. The summed E-state index contributed by atoms with van der Waals surface area (Å²) in [7, 11) is 0. The highest BCUT2D eigenvalue weighted by atomic mass is 19.3. The maximum atomic E-state index is 12.7. The Morgan fingerprint density at radius 3 is 2.12 bits per heavy atom. The van der Waals surface area contributed by atoms with Crippen LogP contribution in [0.3, 0.4) is 0 Å². The fourth-order valence-electron chi connectivity index (χ4n) is 2.16. The first-order valence-corrected chi connectivity index (χ1v) is 5.82. The van der Waals surface area contributed by atoms with E-state index in [2.05, 4.69) is 18.7 Å². The van der Waals surface area contributed by atoms with Gasteiger partial charge in [0.2, 0.25) is 5.91 Å². The lowest BCUT2D eigenvalue weighted by molar-refractivity contribution is -0.136. The molecular formula is C11H18F2N2O. The molecule has 2 aliphatic rings. The van der Waals surface area contributed by atoms with Crippen molar-refractivity contribution in [3.05, 3.63) is 0 Å². The van der Waals surface area contributed by atoms with E-state index >= 15 is 0 Å². The summed E-state index contributed by atoms with van der Waals surface area (Å²) < 4.78 is 25.5. The van der Waals surface area contributed by atoms with E-state index < -0.39 is 11.8 Å². The Kier molecular flexibility index (Phi) is 2.90. The van der Waals surface area contributed by atoms with Gasteiger partial charge in [0.1, 0.15) is 5.92 Å². The van der Waals surface area contributed by atoms with Crippen molar-refractivity contribution in [2.75, 3.05) is 26.2 Å². The lowest BCUT2D eigenvalue weighted by Gasteiger charge is -2.37. The van der Waals surface area contributed by atoms with Crippen LogP contribution >= 0.6 is 0 Å². The molecule has 1 saturated carbocycles. The second kappa shape index (κ2) is 3.95. The van der Waals surface area contributed by atoms with Crippen LogP contribution in [0.5, 0.6) is 0 Å². The molecule has 1 aliphatic heterocycles. The maximum Gasteiger partial charge on any atom is 0.260 e. The first-order chi connectivity index (χ1) is 7.42. The van der Waals surface area contributed by atoms with Gasteiger partial charge in [0, 0.05) is 38.6 Å². The van der Waals surface area contributed by atoms with Gasteiger partial charge in [0.25, 0.3) is 5.92 Å². The van der Waals surface area contributed by atoms with Crippen LogP contribution in [-0.2, 0) is 4.79 Å². The number of amides is 1. The predicted octanol–water partition coefficient (Wildman–Crippen LogP) is 1.19. The van der Waals surface area contributed by atoms with Crippen molar-refractivity contribution in [1.29, 1.82) is 0 Å². The van der Waals surface area contributed by atoms with Gasteiger partial charge in [-0.2, -0.15) is 0 Å². The molecule has 0 aromatic rings. The molecule has 16 heavy (non-hydrogen) atoms. The molecule has 0 aromatic heterocycles. The van der Waals surface area contributed by atoms with E-state index in [1.54, 1.807) is 4.90 Å². The topological polar surface area (TPSA) is 23.6 Å². The summed E-state index contributed by atoms with van der Waals surface area (Å²) in [4.78, 5) is 15.5. The van der Waals surface area contributed by atoms with Crippen LogP contribution < -0.4 is 0 Å². The smallest absolute Gasteiger partial charge is 0.260 e. The van der Waals surface area contributed by atoms with E-state index in [4.69, 9.17) is 0 Å². The summed E-state index contributed by atoms with van der Waals surface area (Å²) in [5, 5.41) is 0. The molecule has 1 aliphatic carbocycles. The fraction of sp³-hybridized carbons (Fsp3) is 0.909. The third-order valence-electron chi connectivity index (χ3n) is 3.48. The van der Waals surface area contributed by atoms with Crippen molar-refractivity contribution in [1.82, 2.24) is 9.80 Å². The zero-order chi connectivity index (χ0) is 11.9. The van der Waals surface area contributed by atoms with Gasteiger partial charge in [-0.1, -0.05) is 0 Å². The summed E-state index contributed by atoms with van der Waals surface area (Å²) in [6.07, 6.45) is -0.254. The number of piperazine rings is 1. The van der Waals surface area contributed by atoms with E-state index in [1.165, 1.54) is 0 Å². The quantitative estimate of drug-likeness (QED) is 0.714. The number of carbonyl (C=O) groups is 1. The number of hydrogen-bond donors (Lipinski definition) is 0. The molecular weight excluding hydrogens is 214 g/mol. The van der Waals surface area contributed by atoms with Crippen molar-refractivity contribution in [3.8, 4) is 0 Å². The summed E-state index contributed by atoms with van der Waals surface area (Å²) in [6.45, 7) is 6.97. The predicted molar refractivity (Wildman–Crippen MR) is 56.3 cm³/mol. The minimum Gasteiger partial charge on any atom is -0.340 e. The van der Waals surface area contributed by atoms with E-state index in [1.807, 2.05) is 0 Å². The van der Waals surface area contributed by atoms with Crippen molar-refractivity contribution < 1.29 is 13.6 Å². The van der Waals surface area contributed by atoms with E-state index in [0.717, 1.165) is 13.1 Å². The lowest BCUT2D eigenvalue weighted by atomic mass is 10.2. The van der Waals surface area contributed by atoms with Gasteiger partial charge in [0.15, 0.2) is 0 Å². The monoisotopic (exact) mass is 232 g/mol. The van der Waals surface area contributed by atoms with E-state index in [-0.39, 0.29) is 12.3 Å².